The van der Waals surface area contributed by atoms with Crippen molar-refractivity contribution >= 4 is 27.7 Å². The van der Waals surface area contributed by atoms with E-state index in [0.717, 1.165) is 21.9 Å². The first kappa shape index (κ1) is 20.6. The minimum atomic E-state index is -0.0392. The number of carbonyl (C=O) groups is 1. The number of aromatic nitrogens is 1. The van der Waals surface area contributed by atoms with Crippen LogP contribution in [0, 0.1) is 0 Å². The molecule has 0 fully saturated rings. The van der Waals surface area contributed by atoms with E-state index < -0.39 is 0 Å². The third-order valence-electron chi connectivity index (χ3n) is 5.50. The molecule has 0 spiro atoms. The van der Waals surface area contributed by atoms with Crippen molar-refractivity contribution in [2.75, 3.05) is 28.4 Å². The van der Waals surface area contributed by atoms with Crippen LogP contribution >= 0.6 is 0 Å². The standard InChI is InChI=1S/C25H25NO5/c1-28-20-12-11-17-18-14-21(29-2)22(30-3)15-19(18)26(24(17)25(20)31-4)23(27)13-10-16-8-6-5-7-9-16/h5-9,11-12,14-15H,10,13H2,1-4H3. The third kappa shape index (κ3) is 3.54. The molecule has 0 bridgehead atoms. The van der Waals surface area contributed by atoms with E-state index in [9.17, 15) is 4.79 Å². The molecule has 1 aromatic heterocycles. The molecule has 6 heteroatoms. The Hall–Kier alpha value is -3.67. The van der Waals surface area contributed by atoms with Crippen LogP contribution in [-0.4, -0.2) is 38.9 Å². The fourth-order valence-corrected chi connectivity index (χ4v) is 4.01. The molecule has 0 unspecified atom stereocenters. The van der Waals surface area contributed by atoms with Gasteiger partial charge in [0, 0.05) is 23.3 Å². The molecule has 0 aliphatic carbocycles. The average molecular weight is 419 g/mol. The highest BCUT2D eigenvalue weighted by Crippen LogP contribution is 2.43. The van der Waals surface area contributed by atoms with Crippen LogP contribution in [0.1, 0.15) is 16.8 Å². The summed E-state index contributed by atoms with van der Waals surface area (Å²) in [7, 11) is 6.34. The number of benzene rings is 3. The van der Waals surface area contributed by atoms with Crippen LogP contribution in [0.25, 0.3) is 21.8 Å². The second-order valence-electron chi connectivity index (χ2n) is 7.14. The van der Waals surface area contributed by atoms with E-state index in [2.05, 4.69) is 0 Å². The first-order valence-electron chi connectivity index (χ1n) is 10.0. The highest BCUT2D eigenvalue weighted by atomic mass is 16.5. The summed E-state index contributed by atoms with van der Waals surface area (Å²) in [6.45, 7) is 0. The molecule has 3 aromatic carbocycles. The summed E-state index contributed by atoms with van der Waals surface area (Å²) in [6.07, 6.45) is 0.984. The molecule has 4 aromatic rings. The van der Waals surface area contributed by atoms with Gasteiger partial charge in [-0.15, -0.1) is 0 Å². The van der Waals surface area contributed by atoms with Crippen LogP contribution in [0.4, 0.5) is 0 Å². The highest BCUT2D eigenvalue weighted by Gasteiger charge is 2.23. The number of fused-ring (bicyclic) bond motifs is 3. The summed E-state index contributed by atoms with van der Waals surface area (Å²) in [6, 6.07) is 17.5. The number of aryl methyl sites for hydroxylation is 1. The van der Waals surface area contributed by atoms with E-state index in [1.165, 1.54) is 0 Å². The summed E-state index contributed by atoms with van der Waals surface area (Å²) in [4.78, 5) is 13.5. The Bertz CT molecular complexity index is 1240. The Balaban J connectivity index is 1.96. The normalized spacial score (nSPS) is 11.0. The van der Waals surface area contributed by atoms with Crippen LogP contribution in [-0.2, 0) is 6.42 Å². The fourth-order valence-electron chi connectivity index (χ4n) is 4.01. The SMILES string of the molecule is COc1cc2c3ccc(OC)c(OC)c3n(C(=O)CCc3ccccc3)c2cc1OC. The molecule has 0 aliphatic rings. The number of ether oxygens (including phenoxy) is 4. The van der Waals surface area contributed by atoms with Gasteiger partial charge in [-0.05, 0) is 30.2 Å². The Morgan fingerprint density at radius 3 is 2.10 bits per heavy atom. The molecule has 31 heavy (non-hydrogen) atoms. The largest absolute Gasteiger partial charge is 0.493 e. The zero-order valence-electron chi connectivity index (χ0n) is 18.1. The molecule has 6 nitrogen and oxygen atoms in total. The number of hydrogen-bond acceptors (Lipinski definition) is 5. The maximum Gasteiger partial charge on any atom is 0.232 e. The van der Waals surface area contributed by atoms with Crippen LogP contribution < -0.4 is 18.9 Å². The molecular weight excluding hydrogens is 394 g/mol. The number of carbonyl (C=O) groups excluding carboxylic acids is 1. The predicted octanol–water partition coefficient (Wildman–Crippen LogP) is 5.10. The first-order valence-corrected chi connectivity index (χ1v) is 10.0. The molecular formula is C25H25NO5. The Morgan fingerprint density at radius 2 is 1.45 bits per heavy atom. The number of rotatable bonds is 7. The summed E-state index contributed by atoms with van der Waals surface area (Å²) < 4.78 is 23.9. The monoisotopic (exact) mass is 419 g/mol. The minimum absolute atomic E-state index is 0.0392. The Kier molecular flexibility index (Phi) is 5.71. The fraction of sp³-hybridized carbons (Fsp3) is 0.240. The van der Waals surface area contributed by atoms with Crippen molar-refractivity contribution in [3.05, 3.63) is 60.2 Å². The van der Waals surface area contributed by atoms with Crippen LogP contribution in [0.3, 0.4) is 0 Å². The number of nitrogens with zero attached hydrogens (tertiary/aromatic N) is 1. The lowest BCUT2D eigenvalue weighted by atomic mass is 10.1. The number of methoxy groups -OCH3 is 4. The van der Waals surface area contributed by atoms with E-state index in [-0.39, 0.29) is 5.91 Å². The summed E-state index contributed by atoms with van der Waals surface area (Å²) >= 11 is 0. The van der Waals surface area contributed by atoms with Crippen molar-refractivity contribution in [3.63, 3.8) is 0 Å². The third-order valence-corrected chi connectivity index (χ3v) is 5.50. The van der Waals surface area contributed by atoms with E-state index in [1.807, 2.05) is 54.6 Å². The van der Waals surface area contributed by atoms with Crippen molar-refractivity contribution in [1.29, 1.82) is 0 Å². The van der Waals surface area contributed by atoms with Crippen molar-refractivity contribution < 1.29 is 23.7 Å². The van der Waals surface area contributed by atoms with Gasteiger partial charge in [0.2, 0.25) is 5.91 Å². The van der Waals surface area contributed by atoms with Gasteiger partial charge in [0.25, 0.3) is 0 Å². The molecule has 0 N–H and O–H groups in total. The van der Waals surface area contributed by atoms with Gasteiger partial charge in [0.1, 0.15) is 5.52 Å². The van der Waals surface area contributed by atoms with Crippen molar-refractivity contribution in [2.45, 2.75) is 12.8 Å². The minimum Gasteiger partial charge on any atom is -0.493 e. The van der Waals surface area contributed by atoms with Gasteiger partial charge < -0.3 is 18.9 Å². The Labute approximate surface area is 180 Å². The summed E-state index contributed by atoms with van der Waals surface area (Å²) in [5.41, 5.74) is 2.52. The maximum atomic E-state index is 13.5. The maximum absolute atomic E-state index is 13.5. The molecule has 4 rings (SSSR count). The van der Waals surface area contributed by atoms with E-state index in [1.54, 1.807) is 33.0 Å². The van der Waals surface area contributed by atoms with Gasteiger partial charge in [-0.1, -0.05) is 30.3 Å². The molecule has 0 aliphatic heterocycles. The van der Waals surface area contributed by atoms with Gasteiger partial charge in [-0.3, -0.25) is 9.36 Å². The summed E-state index contributed by atoms with van der Waals surface area (Å²) in [5.74, 6) is 2.19. The lowest BCUT2D eigenvalue weighted by Gasteiger charge is -2.12. The highest BCUT2D eigenvalue weighted by molar-refractivity contribution is 6.16. The molecule has 160 valence electrons. The van der Waals surface area contributed by atoms with Crippen molar-refractivity contribution in [3.8, 4) is 23.0 Å². The van der Waals surface area contributed by atoms with E-state index in [4.69, 9.17) is 18.9 Å². The molecule has 1 heterocycles. The second kappa shape index (κ2) is 8.60. The zero-order valence-corrected chi connectivity index (χ0v) is 18.1. The van der Waals surface area contributed by atoms with Gasteiger partial charge in [-0.25, -0.2) is 0 Å². The van der Waals surface area contributed by atoms with E-state index >= 15 is 0 Å². The number of hydrogen-bond donors (Lipinski definition) is 0. The van der Waals surface area contributed by atoms with Gasteiger partial charge in [-0.2, -0.15) is 0 Å². The van der Waals surface area contributed by atoms with Gasteiger partial charge in [0.05, 0.1) is 34.0 Å². The van der Waals surface area contributed by atoms with E-state index in [0.29, 0.717) is 41.4 Å². The van der Waals surface area contributed by atoms with Gasteiger partial charge >= 0.3 is 0 Å². The lowest BCUT2D eigenvalue weighted by molar-refractivity contribution is 0.0912. The molecule has 0 amide bonds. The van der Waals surface area contributed by atoms with Gasteiger partial charge in [0.15, 0.2) is 23.0 Å². The smallest absolute Gasteiger partial charge is 0.232 e. The molecule has 0 atom stereocenters. The first-order chi connectivity index (χ1) is 15.1. The van der Waals surface area contributed by atoms with Crippen LogP contribution in [0.2, 0.25) is 0 Å². The quantitative estimate of drug-likeness (QED) is 0.417. The van der Waals surface area contributed by atoms with Crippen molar-refractivity contribution in [2.24, 2.45) is 0 Å². The average Bonchev–Trinajstić information content (AvgIpc) is 3.14. The van der Waals surface area contributed by atoms with Crippen LogP contribution in [0.5, 0.6) is 23.0 Å². The topological polar surface area (TPSA) is 58.9 Å². The van der Waals surface area contributed by atoms with Crippen LogP contribution in [0.15, 0.2) is 54.6 Å². The molecule has 0 saturated carbocycles. The zero-order chi connectivity index (χ0) is 22.0. The Morgan fingerprint density at radius 1 is 0.774 bits per heavy atom. The second-order valence-corrected chi connectivity index (χ2v) is 7.14. The van der Waals surface area contributed by atoms with Crippen molar-refractivity contribution in [1.82, 2.24) is 4.57 Å². The summed E-state index contributed by atoms with van der Waals surface area (Å²) in [5, 5.41) is 1.75. The molecule has 0 radical (unpaired) electrons. The molecule has 0 saturated heterocycles. The predicted molar refractivity (Wildman–Crippen MR) is 121 cm³/mol. The lowest BCUT2D eigenvalue weighted by Crippen LogP contribution is -2.12.